The van der Waals surface area contributed by atoms with E-state index in [0.29, 0.717) is 0 Å². The maximum absolute atomic E-state index is 2.52. The molecule has 54 heavy (non-hydrogen) atoms. The van der Waals surface area contributed by atoms with E-state index in [1.165, 1.54) is 87.2 Å². The molecule has 0 aliphatic heterocycles. The van der Waals surface area contributed by atoms with Crippen LogP contribution in [0.1, 0.15) is 47.2 Å². The van der Waals surface area contributed by atoms with Crippen molar-refractivity contribution in [3.8, 4) is 22.3 Å². The van der Waals surface area contributed by atoms with Crippen LogP contribution in [0.4, 0.5) is 17.1 Å². The van der Waals surface area contributed by atoms with Gasteiger partial charge in [0.15, 0.2) is 0 Å². The standard InChI is InChI=1S/C52H37NS/c1-51(2)44-24-12-9-20-38(44)40-30-28-37(33-47(40)51)53(48-26-15-23-42-41-22-11-14-27-49(41)54-50(42)48)36-29-31-46-43(32-36)39-21-10-13-25-45(39)52(46,34-16-5-3-6-17-34)35-18-7-4-8-19-35/h3-33H,1-2H3. The quantitative estimate of drug-likeness (QED) is 0.172. The smallest absolute Gasteiger partial charge is 0.0713 e. The minimum absolute atomic E-state index is 0.112. The van der Waals surface area contributed by atoms with Gasteiger partial charge in [-0.15, -0.1) is 11.3 Å². The van der Waals surface area contributed by atoms with E-state index in [9.17, 15) is 0 Å². The summed E-state index contributed by atoms with van der Waals surface area (Å²) in [5, 5.41) is 2.61. The zero-order valence-electron chi connectivity index (χ0n) is 30.3. The van der Waals surface area contributed by atoms with E-state index in [0.717, 1.165) is 5.69 Å². The average molecular weight is 708 g/mol. The van der Waals surface area contributed by atoms with Gasteiger partial charge in [0.2, 0.25) is 0 Å². The first-order valence-corrected chi connectivity index (χ1v) is 19.7. The lowest BCUT2D eigenvalue weighted by Crippen LogP contribution is -2.28. The Kier molecular flexibility index (Phi) is 6.75. The van der Waals surface area contributed by atoms with Crippen molar-refractivity contribution in [1.82, 2.24) is 0 Å². The largest absolute Gasteiger partial charge is 0.309 e. The Hall–Kier alpha value is -6.22. The number of nitrogens with zero attached hydrogens (tertiary/aromatic N) is 1. The van der Waals surface area contributed by atoms with E-state index in [4.69, 9.17) is 0 Å². The molecule has 2 aliphatic rings. The molecular formula is C52H37NS. The van der Waals surface area contributed by atoms with Crippen LogP contribution >= 0.6 is 11.3 Å². The van der Waals surface area contributed by atoms with Crippen LogP contribution in [0.2, 0.25) is 0 Å². The van der Waals surface area contributed by atoms with Crippen LogP contribution in [0.5, 0.6) is 0 Å². The minimum Gasteiger partial charge on any atom is -0.309 e. The normalized spacial score (nSPS) is 14.4. The van der Waals surface area contributed by atoms with Crippen molar-refractivity contribution < 1.29 is 0 Å². The first-order valence-electron chi connectivity index (χ1n) is 18.9. The molecule has 1 heterocycles. The number of rotatable bonds is 5. The zero-order valence-corrected chi connectivity index (χ0v) is 31.1. The number of hydrogen-bond donors (Lipinski definition) is 0. The van der Waals surface area contributed by atoms with E-state index >= 15 is 0 Å². The zero-order chi connectivity index (χ0) is 36.0. The van der Waals surface area contributed by atoms with Gasteiger partial charge < -0.3 is 4.90 Å². The monoisotopic (exact) mass is 707 g/mol. The number of thiophene rings is 1. The third-order valence-electron chi connectivity index (χ3n) is 12.1. The number of anilines is 3. The molecule has 0 radical (unpaired) electrons. The van der Waals surface area contributed by atoms with Crippen LogP contribution in [0.3, 0.4) is 0 Å². The van der Waals surface area contributed by atoms with Gasteiger partial charge in [-0.05, 0) is 92.0 Å². The lowest BCUT2D eigenvalue weighted by atomic mass is 9.68. The Bertz CT molecular complexity index is 2880. The van der Waals surface area contributed by atoms with E-state index in [2.05, 4.69) is 207 Å². The van der Waals surface area contributed by atoms with Gasteiger partial charge in [-0.1, -0.05) is 166 Å². The molecule has 11 rings (SSSR count). The molecule has 1 aromatic heterocycles. The summed E-state index contributed by atoms with van der Waals surface area (Å²) in [4.78, 5) is 2.52. The predicted octanol–water partition coefficient (Wildman–Crippen LogP) is 14.2. The Morgan fingerprint density at radius 2 is 0.963 bits per heavy atom. The van der Waals surface area contributed by atoms with Crippen molar-refractivity contribution in [2.45, 2.75) is 24.7 Å². The molecule has 8 aromatic carbocycles. The highest BCUT2D eigenvalue weighted by molar-refractivity contribution is 7.26. The molecule has 1 nitrogen and oxygen atoms in total. The van der Waals surface area contributed by atoms with Gasteiger partial charge in [-0.2, -0.15) is 0 Å². The lowest BCUT2D eigenvalue weighted by Gasteiger charge is -2.34. The fourth-order valence-corrected chi connectivity index (χ4v) is 10.9. The summed E-state index contributed by atoms with van der Waals surface area (Å²) < 4.78 is 2.61. The summed E-state index contributed by atoms with van der Waals surface area (Å²) in [6.45, 7) is 4.75. The highest BCUT2D eigenvalue weighted by Crippen LogP contribution is 2.58. The summed E-state index contributed by atoms with van der Waals surface area (Å²) in [7, 11) is 0. The SMILES string of the molecule is CC1(C)c2ccccc2-c2ccc(N(c3ccc4c(c3)-c3ccccc3C4(c3ccccc3)c3ccccc3)c3cccc4c3sc3ccccc34)cc21. The summed E-state index contributed by atoms with van der Waals surface area (Å²) in [5.74, 6) is 0. The lowest BCUT2D eigenvalue weighted by molar-refractivity contribution is 0.660. The molecule has 0 spiro atoms. The molecule has 0 bridgehead atoms. The van der Waals surface area contributed by atoms with E-state index < -0.39 is 5.41 Å². The van der Waals surface area contributed by atoms with E-state index in [-0.39, 0.29) is 5.41 Å². The second-order valence-corrected chi connectivity index (χ2v) is 16.3. The van der Waals surface area contributed by atoms with Gasteiger partial charge in [-0.3, -0.25) is 0 Å². The molecule has 0 atom stereocenters. The molecule has 0 saturated carbocycles. The molecule has 0 N–H and O–H groups in total. The Balaban J connectivity index is 1.19. The highest BCUT2D eigenvalue weighted by Gasteiger charge is 2.46. The van der Waals surface area contributed by atoms with Crippen molar-refractivity contribution in [2.75, 3.05) is 4.90 Å². The number of benzene rings is 8. The fourth-order valence-electron chi connectivity index (χ4n) is 9.74. The molecule has 0 saturated heterocycles. The maximum Gasteiger partial charge on any atom is 0.0713 e. The van der Waals surface area contributed by atoms with Gasteiger partial charge >= 0.3 is 0 Å². The van der Waals surface area contributed by atoms with Crippen LogP contribution in [0, 0.1) is 0 Å². The van der Waals surface area contributed by atoms with Gasteiger partial charge in [0, 0.05) is 32.3 Å². The van der Waals surface area contributed by atoms with E-state index in [1.807, 2.05) is 11.3 Å². The topological polar surface area (TPSA) is 3.24 Å². The molecule has 9 aromatic rings. The van der Waals surface area contributed by atoms with Gasteiger partial charge in [0.25, 0.3) is 0 Å². The van der Waals surface area contributed by atoms with Crippen LogP contribution in [-0.4, -0.2) is 0 Å². The molecule has 0 fully saturated rings. The maximum atomic E-state index is 2.52. The Morgan fingerprint density at radius 1 is 0.407 bits per heavy atom. The molecule has 2 aliphatic carbocycles. The molecule has 256 valence electrons. The number of fused-ring (bicyclic) bond motifs is 9. The van der Waals surface area contributed by atoms with Gasteiger partial charge in [0.1, 0.15) is 0 Å². The fraction of sp³-hybridized carbons (Fsp3) is 0.0769. The Labute approximate surface area is 320 Å². The minimum atomic E-state index is -0.438. The third-order valence-corrected chi connectivity index (χ3v) is 13.4. The molecule has 2 heteroatoms. The highest BCUT2D eigenvalue weighted by atomic mass is 32.1. The van der Waals surface area contributed by atoms with Crippen molar-refractivity contribution in [3.05, 3.63) is 221 Å². The summed E-state index contributed by atoms with van der Waals surface area (Å²) in [6, 6.07) is 70.1. The van der Waals surface area contributed by atoms with Crippen molar-refractivity contribution in [1.29, 1.82) is 0 Å². The van der Waals surface area contributed by atoms with Crippen LogP contribution in [-0.2, 0) is 10.8 Å². The summed E-state index contributed by atoms with van der Waals surface area (Å²) in [5.41, 5.74) is 16.2. The van der Waals surface area contributed by atoms with Crippen molar-refractivity contribution >= 4 is 48.6 Å². The molecular weight excluding hydrogens is 671 g/mol. The second-order valence-electron chi connectivity index (χ2n) is 15.2. The van der Waals surface area contributed by atoms with Crippen LogP contribution < -0.4 is 4.90 Å². The second kappa shape index (κ2) is 11.6. The number of hydrogen-bond acceptors (Lipinski definition) is 2. The Morgan fingerprint density at radius 3 is 1.72 bits per heavy atom. The van der Waals surface area contributed by atoms with Crippen LogP contribution in [0.15, 0.2) is 188 Å². The summed E-state index contributed by atoms with van der Waals surface area (Å²) >= 11 is 1.89. The third kappa shape index (κ3) is 4.26. The average Bonchev–Trinajstić information content (AvgIpc) is 3.83. The predicted molar refractivity (Wildman–Crippen MR) is 229 cm³/mol. The summed E-state index contributed by atoms with van der Waals surface area (Å²) in [6.07, 6.45) is 0. The van der Waals surface area contributed by atoms with Gasteiger partial charge in [0.05, 0.1) is 15.8 Å². The molecule has 0 unspecified atom stereocenters. The van der Waals surface area contributed by atoms with Crippen molar-refractivity contribution in [2.24, 2.45) is 0 Å². The van der Waals surface area contributed by atoms with Crippen LogP contribution in [0.25, 0.3) is 42.4 Å². The molecule has 0 amide bonds. The van der Waals surface area contributed by atoms with E-state index in [1.54, 1.807) is 0 Å². The first-order chi connectivity index (χ1) is 26.5. The first kappa shape index (κ1) is 31.3. The van der Waals surface area contributed by atoms with Gasteiger partial charge in [-0.25, -0.2) is 0 Å². The van der Waals surface area contributed by atoms with Crippen molar-refractivity contribution in [3.63, 3.8) is 0 Å².